The summed E-state index contributed by atoms with van der Waals surface area (Å²) in [6.07, 6.45) is 2.99. The van der Waals surface area contributed by atoms with Gasteiger partial charge in [0, 0.05) is 70.6 Å². The zero-order valence-corrected chi connectivity index (χ0v) is 26.5. The van der Waals surface area contributed by atoms with Crippen LogP contribution in [0.1, 0.15) is 76.5 Å². The highest BCUT2D eigenvalue weighted by Crippen LogP contribution is 2.26. The van der Waals surface area contributed by atoms with Gasteiger partial charge in [-0.3, -0.25) is 9.59 Å². The highest BCUT2D eigenvalue weighted by molar-refractivity contribution is 5.98. The number of piperidine rings is 2. The molecule has 0 bridgehead atoms. The number of nitrogens with zero attached hydrogens (tertiary/aromatic N) is 4. The first-order valence-corrected chi connectivity index (χ1v) is 14.1. The minimum Gasteiger partial charge on any atom is -0.385 e. The van der Waals surface area contributed by atoms with Crippen LogP contribution in [0.5, 0.6) is 0 Å². The molecule has 0 saturated carbocycles. The van der Waals surface area contributed by atoms with Crippen molar-refractivity contribution >= 4 is 42.4 Å². The van der Waals surface area contributed by atoms with Gasteiger partial charge < -0.3 is 25.2 Å². The molecular weight excluding hydrogens is 558 g/mol. The van der Waals surface area contributed by atoms with Gasteiger partial charge in [-0.05, 0) is 31.6 Å². The monoisotopic (exact) mass is 606 g/mol. The van der Waals surface area contributed by atoms with E-state index in [1.807, 2.05) is 25.7 Å². The van der Waals surface area contributed by atoms with E-state index in [-0.39, 0.29) is 59.9 Å². The topological polar surface area (TPSA) is 99.7 Å². The Balaban J connectivity index is 0.00000400. The van der Waals surface area contributed by atoms with Gasteiger partial charge in [0.1, 0.15) is 23.4 Å². The Morgan fingerprint density at radius 3 is 2.50 bits per heavy atom. The highest BCUT2D eigenvalue weighted by Gasteiger charge is 2.37. The molecule has 2 saturated heterocycles. The van der Waals surface area contributed by atoms with E-state index in [9.17, 15) is 14.0 Å². The standard InChI is InChI=1S/C28H47FN6O3.2ClH/c1-19(2)18-35(22-14-20(15-30-16-22)25(36)34-11-8-21(29)9-12-34)26(37)23-17-32-27(28(3,4)5)33-24(23)31-10-7-13-38-6;;/h17,19-22,30H,7-16,18H2,1-6H3,(H,31,32,33);2*1H/t20-,22+;;/m1../s1. The van der Waals surface area contributed by atoms with Crippen molar-refractivity contribution in [3.63, 3.8) is 0 Å². The molecule has 3 rings (SSSR count). The molecule has 40 heavy (non-hydrogen) atoms. The number of rotatable bonds is 10. The number of aromatic nitrogens is 2. The Hall–Kier alpha value is -1.75. The van der Waals surface area contributed by atoms with Gasteiger partial charge in [0.25, 0.3) is 5.91 Å². The van der Waals surface area contributed by atoms with E-state index in [2.05, 4.69) is 29.5 Å². The van der Waals surface area contributed by atoms with Crippen molar-refractivity contribution in [2.24, 2.45) is 11.8 Å². The molecule has 2 atom stereocenters. The number of hydrogen-bond acceptors (Lipinski definition) is 7. The first kappa shape index (κ1) is 36.3. The molecule has 0 aliphatic carbocycles. The Kier molecular flexibility index (Phi) is 15.1. The molecule has 2 N–H and O–H groups in total. The number of hydrogen-bond donors (Lipinski definition) is 2. The van der Waals surface area contributed by atoms with Crippen molar-refractivity contribution in [1.82, 2.24) is 25.1 Å². The third-order valence-corrected chi connectivity index (χ3v) is 7.18. The third kappa shape index (κ3) is 9.96. The summed E-state index contributed by atoms with van der Waals surface area (Å²) in [4.78, 5) is 40.4. The van der Waals surface area contributed by atoms with Crippen LogP contribution in [-0.2, 0) is 14.9 Å². The molecule has 9 nitrogen and oxygen atoms in total. The van der Waals surface area contributed by atoms with Crippen LogP contribution < -0.4 is 10.6 Å². The molecule has 0 spiro atoms. The zero-order chi connectivity index (χ0) is 27.9. The number of alkyl halides is 1. The summed E-state index contributed by atoms with van der Waals surface area (Å²) in [5.41, 5.74) is 0.175. The maximum absolute atomic E-state index is 14.1. The van der Waals surface area contributed by atoms with Gasteiger partial charge in [-0.15, -0.1) is 24.8 Å². The quantitative estimate of drug-likeness (QED) is 0.387. The second-order valence-electron chi connectivity index (χ2n) is 12.1. The van der Waals surface area contributed by atoms with Crippen LogP contribution in [-0.4, -0.2) is 96.8 Å². The van der Waals surface area contributed by atoms with Crippen molar-refractivity contribution in [3.05, 3.63) is 17.6 Å². The molecule has 230 valence electrons. The lowest BCUT2D eigenvalue weighted by Crippen LogP contribution is -2.55. The summed E-state index contributed by atoms with van der Waals surface area (Å²) in [6.45, 7) is 14.2. The average molecular weight is 608 g/mol. The van der Waals surface area contributed by atoms with E-state index >= 15 is 0 Å². The minimum absolute atomic E-state index is 0. The lowest BCUT2D eigenvalue weighted by atomic mass is 9.91. The number of anilines is 1. The number of carbonyl (C=O) groups excluding carboxylic acids is 2. The van der Waals surface area contributed by atoms with Gasteiger partial charge >= 0.3 is 0 Å². The van der Waals surface area contributed by atoms with Crippen LogP contribution in [0.4, 0.5) is 10.2 Å². The summed E-state index contributed by atoms with van der Waals surface area (Å²) in [5, 5.41) is 6.73. The lowest BCUT2D eigenvalue weighted by Gasteiger charge is -2.40. The van der Waals surface area contributed by atoms with Crippen LogP contribution in [0.25, 0.3) is 0 Å². The molecule has 1 aromatic heterocycles. The molecule has 2 aliphatic rings. The van der Waals surface area contributed by atoms with Crippen LogP contribution in [0.3, 0.4) is 0 Å². The normalized spacial score (nSPS) is 19.9. The Morgan fingerprint density at radius 1 is 1.23 bits per heavy atom. The molecule has 2 amide bonds. The van der Waals surface area contributed by atoms with Crippen LogP contribution >= 0.6 is 24.8 Å². The molecule has 2 aliphatic heterocycles. The summed E-state index contributed by atoms with van der Waals surface area (Å²) in [5.74, 6) is 1.13. The molecule has 3 heterocycles. The fourth-order valence-corrected chi connectivity index (χ4v) is 5.08. The second kappa shape index (κ2) is 16.6. The minimum atomic E-state index is -0.820. The molecular formula is C28H49Cl2FN6O3. The average Bonchev–Trinajstić information content (AvgIpc) is 2.89. The van der Waals surface area contributed by atoms with Crippen LogP contribution in [0.15, 0.2) is 6.20 Å². The summed E-state index contributed by atoms with van der Waals surface area (Å²) in [7, 11) is 1.67. The summed E-state index contributed by atoms with van der Waals surface area (Å²) < 4.78 is 18.8. The van der Waals surface area contributed by atoms with Gasteiger partial charge in [0.05, 0.1) is 5.92 Å². The van der Waals surface area contributed by atoms with Crippen molar-refractivity contribution in [1.29, 1.82) is 0 Å². The van der Waals surface area contributed by atoms with Crippen molar-refractivity contribution < 1.29 is 18.7 Å². The van der Waals surface area contributed by atoms with Crippen molar-refractivity contribution in [2.45, 2.75) is 77.9 Å². The largest absolute Gasteiger partial charge is 0.385 e. The third-order valence-electron chi connectivity index (χ3n) is 7.18. The fraction of sp³-hybridized carbons (Fsp3) is 0.786. The fourth-order valence-electron chi connectivity index (χ4n) is 5.08. The number of amides is 2. The number of nitrogens with one attached hydrogen (secondary N) is 2. The summed E-state index contributed by atoms with van der Waals surface area (Å²) in [6, 6.07) is -0.144. The number of methoxy groups -OCH3 is 1. The van der Waals surface area contributed by atoms with E-state index in [1.165, 1.54) is 0 Å². The van der Waals surface area contributed by atoms with E-state index in [4.69, 9.17) is 9.72 Å². The first-order chi connectivity index (χ1) is 18.0. The summed E-state index contributed by atoms with van der Waals surface area (Å²) >= 11 is 0. The van der Waals surface area contributed by atoms with Gasteiger partial charge in [-0.2, -0.15) is 0 Å². The van der Waals surface area contributed by atoms with E-state index in [0.717, 1.165) is 6.42 Å². The number of ether oxygens (including phenoxy) is 1. The van der Waals surface area contributed by atoms with Crippen LogP contribution in [0.2, 0.25) is 0 Å². The van der Waals surface area contributed by atoms with Gasteiger partial charge in [-0.25, -0.2) is 14.4 Å². The lowest BCUT2D eigenvalue weighted by molar-refractivity contribution is -0.138. The Morgan fingerprint density at radius 2 is 1.90 bits per heavy atom. The van der Waals surface area contributed by atoms with Gasteiger partial charge in [0.15, 0.2) is 0 Å². The van der Waals surface area contributed by atoms with E-state index < -0.39 is 6.17 Å². The number of likely N-dealkylation sites (tertiary alicyclic amines) is 1. The number of carbonyl (C=O) groups is 2. The predicted molar refractivity (Wildman–Crippen MR) is 162 cm³/mol. The van der Waals surface area contributed by atoms with Crippen LogP contribution in [0, 0.1) is 11.8 Å². The number of halogens is 3. The molecule has 0 radical (unpaired) electrons. The Bertz CT molecular complexity index is 941. The molecule has 2 fully saturated rings. The van der Waals surface area contributed by atoms with E-state index in [0.29, 0.717) is 82.3 Å². The molecule has 12 heteroatoms. The molecule has 0 unspecified atom stereocenters. The van der Waals surface area contributed by atoms with Gasteiger partial charge in [-0.1, -0.05) is 34.6 Å². The first-order valence-electron chi connectivity index (χ1n) is 14.1. The van der Waals surface area contributed by atoms with E-state index in [1.54, 1.807) is 18.2 Å². The zero-order valence-electron chi connectivity index (χ0n) is 24.9. The van der Waals surface area contributed by atoms with Gasteiger partial charge in [0.2, 0.25) is 5.91 Å². The van der Waals surface area contributed by atoms with Crippen molar-refractivity contribution in [3.8, 4) is 0 Å². The predicted octanol–water partition coefficient (Wildman–Crippen LogP) is 4.10. The maximum Gasteiger partial charge on any atom is 0.259 e. The highest BCUT2D eigenvalue weighted by atomic mass is 35.5. The Labute approximate surface area is 251 Å². The smallest absolute Gasteiger partial charge is 0.259 e. The maximum atomic E-state index is 14.1. The molecule has 0 aromatic carbocycles. The van der Waals surface area contributed by atoms with Crippen molar-refractivity contribution in [2.75, 3.05) is 58.3 Å². The SMILES string of the molecule is COCCCNc1nc(C(C)(C)C)ncc1C(=O)N(CC(C)C)[C@@H]1CNC[C@H](C(=O)N2CCC(F)CC2)C1.Cl.Cl. The molecule has 1 aromatic rings. The second-order valence-corrected chi connectivity index (χ2v) is 12.1.